The monoisotopic (exact) mass is 500 g/mol. The van der Waals surface area contributed by atoms with Crippen molar-refractivity contribution in [3.8, 4) is 11.5 Å². The molecule has 0 unspecified atom stereocenters. The summed E-state index contributed by atoms with van der Waals surface area (Å²) in [6.07, 6.45) is 3.32. The molecule has 1 heterocycles. The van der Waals surface area contributed by atoms with E-state index in [4.69, 9.17) is 9.47 Å². The van der Waals surface area contributed by atoms with Crippen molar-refractivity contribution in [2.24, 2.45) is 0 Å². The highest BCUT2D eigenvalue weighted by molar-refractivity contribution is 5.97. The minimum absolute atomic E-state index is 0.0110. The quantitative estimate of drug-likeness (QED) is 0.466. The van der Waals surface area contributed by atoms with E-state index in [1.54, 1.807) is 7.11 Å². The lowest BCUT2D eigenvalue weighted by molar-refractivity contribution is 0.0605. The first-order valence-electron chi connectivity index (χ1n) is 13.1. The molecule has 3 aromatic rings. The first-order chi connectivity index (χ1) is 18.1. The first-order valence-corrected chi connectivity index (χ1v) is 13.1. The molecule has 1 aliphatic rings. The van der Waals surface area contributed by atoms with E-state index in [-0.39, 0.29) is 24.5 Å². The van der Waals surface area contributed by atoms with E-state index < -0.39 is 0 Å². The normalized spacial score (nSPS) is 17.0. The van der Waals surface area contributed by atoms with Gasteiger partial charge in [-0.3, -0.25) is 9.59 Å². The van der Waals surface area contributed by atoms with Gasteiger partial charge in [-0.1, -0.05) is 42.5 Å². The Hall–Kier alpha value is -3.80. The van der Waals surface area contributed by atoms with E-state index in [0.29, 0.717) is 48.7 Å². The summed E-state index contributed by atoms with van der Waals surface area (Å²) in [7, 11) is 1.62. The molecular formula is C31H36N2O4. The maximum Gasteiger partial charge on any atom is 0.257 e. The zero-order valence-electron chi connectivity index (χ0n) is 21.8. The molecule has 1 atom stereocenters. The molecule has 4 rings (SSSR count). The Balaban J connectivity index is 1.68. The highest BCUT2D eigenvalue weighted by Crippen LogP contribution is 2.24. The average molecular weight is 501 g/mol. The van der Waals surface area contributed by atoms with Crippen LogP contribution in [0.2, 0.25) is 0 Å². The second-order valence-corrected chi connectivity index (χ2v) is 9.32. The van der Waals surface area contributed by atoms with Crippen molar-refractivity contribution in [1.29, 1.82) is 0 Å². The second kappa shape index (κ2) is 12.9. The molecule has 0 spiro atoms. The van der Waals surface area contributed by atoms with Gasteiger partial charge in [0, 0.05) is 25.2 Å². The van der Waals surface area contributed by atoms with E-state index in [9.17, 15) is 9.59 Å². The van der Waals surface area contributed by atoms with Crippen LogP contribution in [0.5, 0.6) is 11.5 Å². The molecule has 6 heteroatoms. The van der Waals surface area contributed by atoms with E-state index >= 15 is 0 Å². The highest BCUT2D eigenvalue weighted by atomic mass is 16.5. The third-order valence-electron chi connectivity index (χ3n) is 6.90. The summed E-state index contributed by atoms with van der Waals surface area (Å²) in [5.41, 5.74) is 2.32. The number of ether oxygens (including phenoxy) is 2. The van der Waals surface area contributed by atoms with Gasteiger partial charge in [-0.15, -0.1) is 0 Å². The molecule has 0 saturated heterocycles. The second-order valence-electron chi connectivity index (χ2n) is 9.32. The summed E-state index contributed by atoms with van der Waals surface area (Å²) < 4.78 is 11.6. The number of rotatable bonds is 5. The molecule has 0 fully saturated rings. The standard InChI is InChI=1S/C31H36N2O4/c1-3-32-20-10-5-11-21-33(30(34)25-16-18-27(36-2)19-17-25)26(22-24-12-6-4-7-13-24)23-37-29-15-9-8-14-28(29)31(32)35/h4,6-9,12-19,26H,3,5,10-11,20-23H2,1-2H3/t26-/m0/s1. The van der Waals surface area contributed by atoms with Crippen molar-refractivity contribution in [3.05, 3.63) is 95.6 Å². The number of methoxy groups -OCH3 is 1. The molecular weight excluding hydrogens is 464 g/mol. The van der Waals surface area contributed by atoms with Gasteiger partial charge in [0.15, 0.2) is 0 Å². The van der Waals surface area contributed by atoms with Gasteiger partial charge in [-0.05, 0) is 74.6 Å². The highest BCUT2D eigenvalue weighted by Gasteiger charge is 2.27. The Labute approximate surface area is 219 Å². The Morgan fingerprint density at radius 1 is 0.919 bits per heavy atom. The number of hydrogen-bond acceptors (Lipinski definition) is 4. The van der Waals surface area contributed by atoms with E-state index in [0.717, 1.165) is 24.8 Å². The van der Waals surface area contributed by atoms with Crippen LogP contribution in [0.4, 0.5) is 0 Å². The fraction of sp³-hybridized carbons (Fsp3) is 0.355. The Bertz CT molecular complexity index is 1160. The number of nitrogens with zero attached hydrogens (tertiary/aromatic N) is 2. The zero-order valence-corrected chi connectivity index (χ0v) is 21.8. The van der Waals surface area contributed by atoms with Gasteiger partial charge >= 0.3 is 0 Å². The molecule has 194 valence electrons. The largest absolute Gasteiger partial charge is 0.497 e. The lowest BCUT2D eigenvalue weighted by atomic mass is 10.0. The average Bonchev–Trinajstić information content (AvgIpc) is 2.96. The number of carbonyl (C=O) groups is 2. The predicted octanol–water partition coefficient (Wildman–Crippen LogP) is 5.47. The van der Waals surface area contributed by atoms with Gasteiger partial charge in [0.1, 0.15) is 18.1 Å². The Morgan fingerprint density at radius 3 is 2.35 bits per heavy atom. The third kappa shape index (κ3) is 6.70. The van der Waals surface area contributed by atoms with E-state index in [1.165, 1.54) is 0 Å². The SMILES string of the molecule is CCN1CCCCCN(C(=O)c2ccc(OC)cc2)[C@@H](Cc2ccccc2)COc2ccccc2C1=O. The Kier molecular flexibility index (Phi) is 9.19. The first kappa shape index (κ1) is 26.3. The van der Waals surface area contributed by atoms with Crippen molar-refractivity contribution >= 4 is 11.8 Å². The van der Waals surface area contributed by atoms with Gasteiger partial charge in [0.2, 0.25) is 0 Å². The van der Waals surface area contributed by atoms with Gasteiger partial charge in [-0.2, -0.15) is 0 Å². The van der Waals surface area contributed by atoms with Crippen molar-refractivity contribution in [3.63, 3.8) is 0 Å². The summed E-state index contributed by atoms with van der Waals surface area (Å²) in [6.45, 7) is 4.24. The smallest absolute Gasteiger partial charge is 0.257 e. The molecule has 0 bridgehead atoms. The minimum Gasteiger partial charge on any atom is -0.497 e. The zero-order chi connectivity index (χ0) is 26.0. The van der Waals surface area contributed by atoms with Crippen LogP contribution in [0.3, 0.4) is 0 Å². The van der Waals surface area contributed by atoms with Crippen molar-refractivity contribution < 1.29 is 19.1 Å². The van der Waals surface area contributed by atoms with Crippen LogP contribution >= 0.6 is 0 Å². The van der Waals surface area contributed by atoms with Crippen LogP contribution in [0.25, 0.3) is 0 Å². The molecule has 0 saturated carbocycles. The van der Waals surface area contributed by atoms with Crippen LogP contribution < -0.4 is 9.47 Å². The summed E-state index contributed by atoms with van der Waals surface area (Å²) in [5, 5.41) is 0. The molecule has 3 aromatic carbocycles. The Morgan fingerprint density at radius 2 is 1.62 bits per heavy atom. The van der Waals surface area contributed by atoms with Crippen LogP contribution in [0, 0.1) is 0 Å². The third-order valence-corrected chi connectivity index (χ3v) is 6.90. The number of hydrogen-bond donors (Lipinski definition) is 0. The molecule has 6 nitrogen and oxygen atoms in total. The van der Waals surface area contributed by atoms with E-state index in [1.807, 2.05) is 83.5 Å². The maximum atomic E-state index is 13.8. The molecule has 0 aliphatic carbocycles. The van der Waals surface area contributed by atoms with E-state index in [2.05, 4.69) is 12.1 Å². The topological polar surface area (TPSA) is 59.1 Å². The van der Waals surface area contributed by atoms with Gasteiger partial charge in [0.05, 0.1) is 18.7 Å². The van der Waals surface area contributed by atoms with Crippen molar-refractivity contribution in [1.82, 2.24) is 9.80 Å². The van der Waals surface area contributed by atoms with Gasteiger partial charge in [-0.25, -0.2) is 0 Å². The molecule has 0 N–H and O–H groups in total. The summed E-state index contributed by atoms with van der Waals surface area (Å²) in [6, 6.07) is 24.7. The molecule has 0 radical (unpaired) electrons. The van der Waals surface area contributed by atoms with Crippen molar-refractivity contribution in [2.45, 2.75) is 38.6 Å². The van der Waals surface area contributed by atoms with Crippen molar-refractivity contribution in [2.75, 3.05) is 33.4 Å². The fourth-order valence-electron chi connectivity index (χ4n) is 4.78. The molecule has 2 amide bonds. The maximum absolute atomic E-state index is 13.8. The fourth-order valence-corrected chi connectivity index (χ4v) is 4.78. The van der Waals surface area contributed by atoms with Gasteiger partial charge in [0.25, 0.3) is 11.8 Å². The number of benzene rings is 3. The van der Waals surface area contributed by atoms with Crippen LogP contribution in [0.15, 0.2) is 78.9 Å². The number of fused-ring (bicyclic) bond motifs is 1. The molecule has 0 aromatic heterocycles. The number of amides is 2. The van der Waals surface area contributed by atoms with Crippen LogP contribution in [-0.4, -0.2) is 61.0 Å². The lowest BCUT2D eigenvalue weighted by Gasteiger charge is -2.32. The van der Waals surface area contributed by atoms with Gasteiger partial charge < -0.3 is 19.3 Å². The van der Waals surface area contributed by atoms with Crippen LogP contribution in [-0.2, 0) is 6.42 Å². The summed E-state index contributed by atoms with van der Waals surface area (Å²) >= 11 is 0. The van der Waals surface area contributed by atoms with Crippen LogP contribution in [0.1, 0.15) is 52.5 Å². The molecule has 1 aliphatic heterocycles. The molecule has 37 heavy (non-hydrogen) atoms. The number of carbonyl (C=O) groups excluding carboxylic acids is 2. The summed E-state index contributed by atoms with van der Waals surface area (Å²) in [5.74, 6) is 1.23. The number of para-hydroxylation sites is 1. The summed E-state index contributed by atoms with van der Waals surface area (Å²) in [4.78, 5) is 31.0. The predicted molar refractivity (Wildman–Crippen MR) is 145 cm³/mol. The minimum atomic E-state index is -0.205. The lowest BCUT2D eigenvalue weighted by Crippen LogP contribution is -2.45.